The second-order valence-corrected chi connectivity index (χ2v) is 6.41. The molecule has 4 rings (SSSR count). The van der Waals surface area contributed by atoms with Crippen LogP contribution in [0.25, 0.3) is 21.8 Å². The number of fused-ring (bicyclic) bond motifs is 3. The maximum Gasteiger partial charge on any atom is 0.262 e. The molecule has 0 unspecified atom stereocenters. The number of nitrogens with zero attached hydrogens (tertiary/aromatic N) is 1. The zero-order valence-corrected chi connectivity index (χ0v) is 14.1. The molecule has 3 aromatic carbocycles. The molecule has 0 saturated carbocycles. The van der Waals surface area contributed by atoms with Gasteiger partial charge in [-0.15, -0.1) is 0 Å². The van der Waals surface area contributed by atoms with Crippen LogP contribution in [0.15, 0.2) is 60.7 Å². The lowest BCUT2D eigenvalue weighted by Gasteiger charge is -2.10. The van der Waals surface area contributed by atoms with Gasteiger partial charge in [0.15, 0.2) is 0 Å². The summed E-state index contributed by atoms with van der Waals surface area (Å²) >= 11 is 0. The SMILES string of the molecule is Cc1cc(C(=O)n2c3ccccc3c3ccccc32)cc(C)c1C. The molecule has 2 nitrogen and oxygen atoms in total. The van der Waals surface area contributed by atoms with Crippen molar-refractivity contribution < 1.29 is 4.79 Å². The van der Waals surface area contributed by atoms with E-state index in [1.54, 1.807) is 0 Å². The van der Waals surface area contributed by atoms with Crippen LogP contribution in [-0.2, 0) is 0 Å². The topological polar surface area (TPSA) is 22.0 Å². The molecule has 0 aliphatic rings. The molecular formula is C22H19NO. The highest BCUT2D eigenvalue weighted by Gasteiger charge is 2.17. The average Bonchev–Trinajstić information content (AvgIpc) is 2.93. The molecule has 0 saturated heterocycles. The molecule has 1 heterocycles. The Bertz CT molecular complexity index is 1030. The van der Waals surface area contributed by atoms with Crippen LogP contribution < -0.4 is 0 Å². The van der Waals surface area contributed by atoms with Gasteiger partial charge in [0, 0.05) is 16.3 Å². The minimum atomic E-state index is 0.0265. The van der Waals surface area contributed by atoms with E-state index in [0.717, 1.165) is 38.5 Å². The molecule has 0 bridgehead atoms. The van der Waals surface area contributed by atoms with Gasteiger partial charge in [0.05, 0.1) is 11.0 Å². The summed E-state index contributed by atoms with van der Waals surface area (Å²) in [5.74, 6) is 0.0265. The van der Waals surface area contributed by atoms with Crippen LogP contribution >= 0.6 is 0 Å². The lowest BCUT2D eigenvalue weighted by molar-refractivity contribution is 0.0969. The van der Waals surface area contributed by atoms with Gasteiger partial charge < -0.3 is 0 Å². The third-order valence-electron chi connectivity index (χ3n) is 4.96. The van der Waals surface area contributed by atoms with Gasteiger partial charge in [-0.25, -0.2) is 0 Å². The smallest absolute Gasteiger partial charge is 0.262 e. The fraction of sp³-hybridized carbons (Fsp3) is 0.136. The number of aryl methyl sites for hydroxylation is 2. The summed E-state index contributed by atoms with van der Waals surface area (Å²) in [5, 5.41) is 2.23. The van der Waals surface area contributed by atoms with E-state index in [4.69, 9.17) is 0 Å². The molecule has 0 amide bonds. The molecule has 0 aliphatic carbocycles. The average molecular weight is 313 g/mol. The fourth-order valence-electron chi connectivity index (χ4n) is 3.43. The van der Waals surface area contributed by atoms with E-state index in [0.29, 0.717) is 0 Å². The number of hydrogen-bond acceptors (Lipinski definition) is 1. The van der Waals surface area contributed by atoms with Gasteiger partial charge in [0.25, 0.3) is 5.91 Å². The first-order valence-corrected chi connectivity index (χ1v) is 8.18. The Morgan fingerprint density at radius 2 is 1.21 bits per heavy atom. The predicted octanol–water partition coefficient (Wildman–Crippen LogP) is 5.41. The van der Waals surface area contributed by atoms with Crippen molar-refractivity contribution in [2.75, 3.05) is 0 Å². The van der Waals surface area contributed by atoms with Crippen molar-refractivity contribution in [1.82, 2.24) is 4.57 Å². The Morgan fingerprint density at radius 1 is 0.750 bits per heavy atom. The third-order valence-corrected chi connectivity index (χ3v) is 4.96. The zero-order chi connectivity index (χ0) is 16.8. The van der Waals surface area contributed by atoms with E-state index < -0.39 is 0 Å². The second kappa shape index (κ2) is 5.34. The quantitative estimate of drug-likeness (QED) is 0.460. The van der Waals surface area contributed by atoms with Crippen molar-refractivity contribution in [3.8, 4) is 0 Å². The summed E-state index contributed by atoms with van der Waals surface area (Å²) in [4.78, 5) is 13.3. The van der Waals surface area contributed by atoms with Crippen molar-refractivity contribution in [3.63, 3.8) is 0 Å². The summed E-state index contributed by atoms with van der Waals surface area (Å²) in [6, 6.07) is 20.2. The van der Waals surface area contributed by atoms with Crippen LogP contribution in [0.1, 0.15) is 27.0 Å². The fourth-order valence-corrected chi connectivity index (χ4v) is 3.43. The molecule has 1 aromatic heterocycles. The summed E-state index contributed by atoms with van der Waals surface area (Å²) in [6.45, 7) is 6.22. The van der Waals surface area contributed by atoms with E-state index in [2.05, 4.69) is 32.9 Å². The molecule has 24 heavy (non-hydrogen) atoms. The van der Waals surface area contributed by atoms with Gasteiger partial charge in [-0.3, -0.25) is 9.36 Å². The standard InChI is InChI=1S/C22H19NO/c1-14-12-17(13-15(2)16(14)3)22(24)23-20-10-6-4-8-18(20)19-9-5-7-11-21(19)23/h4-13H,1-3H3. The molecule has 4 aromatic rings. The molecule has 2 heteroatoms. The Kier molecular flexibility index (Phi) is 3.27. The molecule has 0 aliphatic heterocycles. The summed E-state index contributed by atoms with van der Waals surface area (Å²) in [6.07, 6.45) is 0. The zero-order valence-electron chi connectivity index (χ0n) is 14.1. The maximum absolute atomic E-state index is 13.3. The Balaban J connectivity index is 2.03. The van der Waals surface area contributed by atoms with Gasteiger partial charge in [0.1, 0.15) is 0 Å². The largest absolute Gasteiger partial charge is 0.276 e. The number of rotatable bonds is 1. The Morgan fingerprint density at radius 3 is 1.71 bits per heavy atom. The number of benzene rings is 3. The van der Waals surface area contributed by atoms with Gasteiger partial charge in [-0.2, -0.15) is 0 Å². The Labute approximate surface area is 141 Å². The lowest BCUT2D eigenvalue weighted by atomic mass is 10.0. The van der Waals surface area contributed by atoms with Gasteiger partial charge in [0.2, 0.25) is 0 Å². The molecule has 0 fully saturated rings. The number of aromatic nitrogens is 1. The summed E-state index contributed by atoms with van der Waals surface area (Å²) in [5.41, 5.74) is 6.20. The van der Waals surface area contributed by atoms with Crippen molar-refractivity contribution in [2.45, 2.75) is 20.8 Å². The third kappa shape index (κ3) is 2.07. The van der Waals surface area contributed by atoms with Crippen LogP contribution in [0.3, 0.4) is 0 Å². The van der Waals surface area contributed by atoms with E-state index in [1.807, 2.05) is 53.1 Å². The number of carbonyl (C=O) groups is 1. The molecular weight excluding hydrogens is 294 g/mol. The van der Waals surface area contributed by atoms with Crippen LogP contribution in [0.4, 0.5) is 0 Å². The number of para-hydroxylation sites is 2. The highest BCUT2D eigenvalue weighted by molar-refractivity contribution is 6.16. The van der Waals surface area contributed by atoms with E-state index in [9.17, 15) is 4.79 Å². The van der Waals surface area contributed by atoms with E-state index >= 15 is 0 Å². The Hall–Kier alpha value is -2.87. The second-order valence-electron chi connectivity index (χ2n) is 6.41. The summed E-state index contributed by atoms with van der Waals surface area (Å²) < 4.78 is 1.84. The lowest BCUT2D eigenvalue weighted by Crippen LogP contribution is -2.12. The monoisotopic (exact) mass is 313 g/mol. The van der Waals surface area contributed by atoms with Crippen molar-refractivity contribution in [1.29, 1.82) is 0 Å². The first-order chi connectivity index (χ1) is 11.6. The van der Waals surface area contributed by atoms with Crippen LogP contribution in [0, 0.1) is 20.8 Å². The highest BCUT2D eigenvalue weighted by Crippen LogP contribution is 2.30. The number of carbonyl (C=O) groups excluding carboxylic acids is 1. The van der Waals surface area contributed by atoms with Crippen LogP contribution in [0.5, 0.6) is 0 Å². The van der Waals surface area contributed by atoms with Crippen molar-refractivity contribution in [3.05, 3.63) is 82.9 Å². The summed E-state index contributed by atoms with van der Waals surface area (Å²) in [7, 11) is 0. The first-order valence-electron chi connectivity index (χ1n) is 8.18. The minimum Gasteiger partial charge on any atom is -0.276 e. The molecule has 0 spiro atoms. The van der Waals surface area contributed by atoms with Crippen molar-refractivity contribution >= 4 is 27.7 Å². The molecule has 0 atom stereocenters. The maximum atomic E-state index is 13.3. The van der Waals surface area contributed by atoms with E-state index in [-0.39, 0.29) is 5.91 Å². The first kappa shape index (κ1) is 14.7. The van der Waals surface area contributed by atoms with Crippen LogP contribution in [-0.4, -0.2) is 10.5 Å². The van der Waals surface area contributed by atoms with Gasteiger partial charge in [-0.1, -0.05) is 36.4 Å². The minimum absolute atomic E-state index is 0.0265. The van der Waals surface area contributed by atoms with E-state index in [1.165, 1.54) is 5.56 Å². The van der Waals surface area contributed by atoms with Crippen LogP contribution in [0.2, 0.25) is 0 Å². The van der Waals surface area contributed by atoms with Gasteiger partial charge in [-0.05, 0) is 61.7 Å². The van der Waals surface area contributed by atoms with Gasteiger partial charge >= 0.3 is 0 Å². The number of hydrogen-bond donors (Lipinski definition) is 0. The van der Waals surface area contributed by atoms with Crippen molar-refractivity contribution in [2.24, 2.45) is 0 Å². The highest BCUT2D eigenvalue weighted by atomic mass is 16.2. The molecule has 0 N–H and O–H groups in total. The predicted molar refractivity (Wildman–Crippen MR) is 99.8 cm³/mol. The molecule has 0 radical (unpaired) electrons. The molecule has 118 valence electrons. The normalized spacial score (nSPS) is 11.3.